The molecular formula is C16H18N2O2. The molecule has 2 N–H and O–H groups in total. The van der Waals surface area contributed by atoms with Gasteiger partial charge < -0.3 is 15.1 Å². The molecule has 1 aromatic carbocycles. The lowest BCUT2D eigenvalue weighted by Gasteiger charge is -2.09. The average Bonchev–Trinajstić information content (AvgIpc) is 2.97. The van der Waals surface area contributed by atoms with Gasteiger partial charge in [-0.25, -0.2) is 0 Å². The van der Waals surface area contributed by atoms with Crippen molar-refractivity contribution in [2.24, 2.45) is 0 Å². The molecule has 1 heterocycles. The Hall–Kier alpha value is -2.33. The monoisotopic (exact) mass is 270 g/mol. The molecule has 0 aliphatic carbocycles. The standard InChI is InChI=1S/C16H18N2O2/c1-2-17-12-13-6-3-4-8-15(13)18-16(19)10-9-14-7-5-11-20-14/h3-11,17H,2,12H2,1H3,(H,18,19)/b10-9+. The highest BCUT2D eigenvalue weighted by Crippen LogP contribution is 2.15. The average molecular weight is 270 g/mol. The fraction of sp³-hybridized carbons (Fsp3) is 0.188. The summed E-state index contributed by atoms with van der Waals surface area (Å²) in [5.74, 6) is 0.478. The highest BCUT2D eigenvalue weighted by Gasteiger charge is 2.03. The van der Waals surface area contributed by atoms with Crippen molar-refractivity contribution in [1.29, 1.82) is 0 Å². The Morgan fingerprint density at radius 3 is 2.85 bits per heavy atom. The minimum absolute atomic E-state index is 0.176. The normalized spacial score (nSPS) is 10.8. The van der Waals surface area contributed by atoms with Gasteiger partial charge in [-0.1, -0.05) is 25.1 Å². The minimum Gasteiger partial charge on any atom is -0.465 e. The van der Waals surface area contributed by atoms with Crippen LogP contribution in [0.2, 0.25) is 0 Å². The molecule has 4 heteroatoms. The molecule has 4 nitrogen and oxygen atoms in total. The minimum atomic E-state index is -0.176. The molecule has 0 bridgehead atoms. The van der Waals surface area contributed by atoms with E-state index in [2.05, 4.69) is 10.6 Å². The molecule has 1 aromatic heterocycles. The zero-order valence-electron chi connectivity index (χ0n) is 11.4. The number of para-hydroxylation sites is 1. The first-order chi connectivity index (χ1) is 9.79. The molecule has 0 atom stereocenters. The second-order valence-corrected chi connectivity index (χ2v) is 4.28. The van der Waals surface area contributed by atoms with Crippen LogP contribution in [0.4, 0.5) is 5.69 Å². The van der Waals surface area contributed by atoms with Crippen LogP contribution < -0.4 is 10.6 Å². The Morgan fingerprint density at radius 2 is 2.10 bits per heavy atom. The quantitative estimate of drug-likeness (QED) is 0.793. The zero-order chi connectivity index (χ0) is 14.2. The van der Waals surface area contributed by atoms with Gasteiger partial charge in [0.25, 0.3) is 0 Å². The Labute approximate surface area is 118 Å². The largest absolute Gasteiger partial charge is 0.465 e. The summed E-state index contributed by atoms with van der Waals surface area (Å²) in [6, 6.07) is 11.3. The first-order valence-corrected chi connectivity index (χ1v) is 6.61. The van der Waals surface area contributed by atoms with Crippen LogP contribution in [-0.4, -0.2) is 12.5 Å². The maximum absolute atomic E-state index is 11.9. The summed E-state index contributed by atoms with van der Waals surface area (Å²) in [7, 11) is 0. The Bertz CT molecular complexity index is 574. The molecule has 0 fully saturated rings. The van der Waals surface area contributed by atoms with Gasteiger partial charge in [-0.2, -0.15) is 0 Å². The van der Waals surface area contributed by atoms with Crippen molar-refractivity contribution in [2.45, 2.75) is 13.5 Å². The maximum atomic E-state index is 11.9. The molecule has 0 aliphatic heterocycles. The molecule has 0 saturated carbocycles. The predicted molar refractivity (Wildman–Crippen MR) is 80.2 cm³/mol. The number of hydrogen-bond donors (Lipinski definition) is 2. The number of amides is 1. The van der Waals surface area contributed by atoms with Crippen LogP contribution in [0.1, 0.15) is 18.2 Å². The number of carbonyl (C=O) groups excluding carboxylic acids is 1. The van der Waals surface area contributed by atoms with Gasteiger partial charge in [0, 0.05) is 18.3 Å². The number of furan rings is 1. The third kappa shape index (κ3) is 4.10. The molecule has 0 spiro atoms. The Kier molecular flexibility index (Phi) is 5.15. The van der Waals surface area contributed by atoms with Gasteiger partial charge in [0.1, 0.15) is 5.76 Å². The lowest BCUT2D eigenvalue weighted by atomic mass is 10.1. The molecule has 104 valence electrons. The number of anilines is 1. The van der Waals surface area contributed by atoms with E-state index in [9.17, 15) is 4.79 Å². The second kappa shape index (κ2) is 7.31. The van der Waals surface area contributed by atoms with Crippen molar-refractivity contribution in [3.8, 4) is 0 Å². The maximum Gasteiger partial charge on any atom is 0.248 e. The van der Waals surface area contributed by atoms with Crippen LogP contribution in [0.3, 0.4) is 0 Å². The van der Waals surface area contributed by atoms with Crippen LogP contribution in [0, 0.1) is 0 Å². The molecule has 1 amide bonds. The highest BCUT2D eigenvalue weighted by atomic mass is 16.3. The van der Waals surface area contributed by atoms with Crippen molar-refractivity contribution in [2.75, 3.05) is 11.9 Å². The Morgan fingerprint density at radius 1 is 1.25 bits per heavy atom. The highest BCUT2D eigenvalue weighted by molar-refractivity contribution is 6.02. The van der Waals surface area contributed by atoms with E-state index in [1.165, 1.54) is 6.08 Å². The van der Waals surface area contributed by atoms with Crippen molar-refractivity contribution in [3.63, 3.8) is 0 Å². The molecular weight excluding hydrogens is 252 g/mol. The van der Waals surface area contributed by atoms with E-state index in [4.69, 9.17) is 4.42 Å². The van der Waals surface area contributed by atoms with Crippen LogP contribution in [-0.2, 0) is 11.3 Å². The summed E-state index contributed by atoms with van der Waals surface area (Å²) >= 11 is 0. The van der Waals surface area contributed by atoms with E-state index in [1.54, 1.807) is 24.5 Å². The zero-order valence-corrected chi connectivity index (χ0v) is 11.4. The number of benzene rings is 1. The SMILES string of the molecule is CCNCc1ccccc1NC(=O)/C=C/c1ccco1. The summed E-state index contributed by atoms with van der Waals surface area (Å²) in [5, 5.41) is 6.12. The molecule has 20 heavy (non-hydrogen) atoms. The van der Waals surface area contributed by atoms with Gasteiger partial charge in [-0.15, -0.1) is 0 Å². The van der Waals surface area contributed by atoms with E-state index in [-0.39, 0.29) is 5.91 Å². The molecule has 2 aromatic rings. The number of hydrogen-bond acceptors (Lipinski definition) is 3. The van der Waals surface area contributed by atoms with Gasteiger partial charge in [0.15, 0.2) is 0 Å². The van der Waals surface area contributed by atoms with E-state index >= 15 is 0 Å². The second-order valence-electron chi connectivity index (χ2n) is 4.28. The van der Waals surface area contributed by atoms with Crippen molar-refractivity contribution in [1.82, 2.24) is 5.32 Å². The number of carbonyl (C=O) groups is 1. The number of rotatable bonds is 6. The fourth-order valence-corrected chi connectivity index (χ4v) is 1.77. The Balaban J connectivity index is 2.00. The van der Waals surface area contributed by atoms with Crippen LogP contribution in [0.25, 0.3) is 6.08 Å². The van der Waals surface area contributed by atoms with E-state index in [0.29, 0.717) is 5.76 Å². The summed E-state index contributed by atoms with van der Waals surface area (Å²) in [6.07, 6.45) is 4.67. The van der Waals surface area contributed by atoms with E-state index in [0.717, 1.165) is 24.3 Å². The predicted octanol–water partition coefficient (Wildman–Crippen LogP) is 3.04. The van der Waals surface area contributed by atoms with Gasteiger partial charge in [0.05, 0.1) is 6.26 Å². The van der Waals surface area contributed by atoms with Crippen LogP contribution >= 0.6 is 0 Å². The van der Waals surface area contributed by atoms with E-state index < -0.39 is 0 Å². The molecule has 0 aliphatic rings. The smallest absolute Gasteiger partial charge is 0.248 e. The van der Waals surface area contributed by atoms with Gasteiger partial charge >= 0.3 is 0 Å². The van der Waals surface area contributed by atoms with Gasteiger partial charge in [-0.3, -0.25) is 4.79 Å². The summed E-state index contributed by atoms with van der Waals surface area (Å²) in [4.78, 5) is 11.9. The first kappa shape index (κ1) is 14.1. The lowest BCUT2D eigenvalue weighted by molar-refractivity contribution is -0.111. The first-order valence-electron chi connectivity index (χ1n) is 6.61. The van der Waals surface area contributed by atoms with Crippen LogP contribution in [0.15, 0.2) is 53.2 Å². The third-order valence-electron chi connectivity index (χ3n) is 2.78. The topological polar surface area (TPSA) is 54.3 Å². The molecule has 0 radical (unpaired) electrons. The summed E-state index contributed by atoms with van der Waals surface area (Å²) < 4.78 is 5.13. The van der Waals surface area contributed by atoms with Crippen LogP contribution in [0.5, 0.6) is 0 Å². The molecule has 0 saturated heterocycles. The summed E-state index contributed by atoms with van der Waals surface area (Å²) in [5.41, 5.74) is 1.89. The number of nitrogens with one attached hydrogen (secondary N) is 2. The van der Waals surface area contributed by atoms with Crippen molar-refractivity contribution in [3.05, 3.63) is 60.1 Å². The fourth-order valence-electron chi connectivity index (χ4n) is 1.77. The third-order valence-corrected chi connectivity index (χ3v) is 2.78. The van der Waals surface area contributed by atoms with Gasteiger partial charge in [-0.05, 0) is 36.4 Å². The van der Waals surface area contributed by atoms with E-state index in [1.807, 2.05) is 31.2 Å². The molecule has 2 rings (SSSR count). The molecule has 0 unspecified atom stereocenters. The summed E-state index contributed by atoms with van der Waals surface area (Å²) in [6.45, 7) is 3.67. The van der Waals surface area contributed by atoms with Gasteiger partial charge in [0.2, 0.25) is 5.91 Å². The lowest BCUT2D eigenvalue weighted by Crippen LogP contribution is -2.15. The van der Waals surface area contributed by atoms with Crippen molar-refractivity contribution < 1.29 is 9.21 Å². The van der Waals surface area contributed by atoms with Crippen molar-refractivity contribution >= 4 is 17.7 Å².